The first-order valence-electron chi connectivity index (χ1n) is 7.66. The number of pyridine rings is 1. The van der Waals surface area contributed by atoms with Gasteiger partial charge in [0.25, 0.3) is 0 Å². The highest BCUT2D eigenvalue weighted by molar-refractivity contribution is 5.85. The topological polar surface area (TPSA) is 36.4 Å². The van der Waals surface area contributed by atoms with Crippen LogP contribution in [0.3, 0.4) is 0 Å². The summed E-state index contributed by atoms with van der Waals surface area (Å²) >= 11 is 0. The molecule has 4 rings (SSSR count). The smallest absolute Gasteiger partial charge is 0.146 e. The zero-order chi connectivity index (χ0) is 14.9. The van der Waals surface area contributed by atoms with Crippen molar-refractivity contribution < 1.29 is 5.11 Å². The number of benzene rings is 2. The SMILES string of the molecule is Oc1c(CN2CCc3ccccc3C2)ccc2cccnc12. The molecule has 3 aromatic rings. The molecule has 22 heavy (non-hydrogen) atoms. The third kappa shape index (κ3) is 2.34. The third-order valence-electron chi connectivity index (χ3n) is 4.44. The van der Waals surface area contributed by atoms with Gasteiger partial charge in [-0.25, -0.2) is 0 Å². The first-order chi connectivity index (χ1) is 10.8. The second-order valence-electron chi connectivity index (χ2n) is 5.88. The van der Waals surface area contributed by atoms with Crippen LogP contribution in [0.1, 0.15) is 16.7 Å². The van der Waals surface area contributed by atoms with Crippen molar-refractivity contribution in [3.05, 3.63) is 71.4 Å². The Kier molecular flexibility index (Phi) is 3.28. The number of nitrogens with zero attached hydrogens (tertiary/aromatic N) is 2. The summed E-state index contributed by atoms with van der Waals surface area (Å²) in [7, 11) is 0. The lowest BCUT2D eigenvalue weighted by Gasteiger charge is -2.29. The summed E-state index contributed by atoms with van der Waals surface area (Å²) in [5, 5.41) is 11.5. The van der Waals surface area contributed by atoms with Gasteiger partial charge in [0.05, 0.1) is 0 Å². The van der Waals surface area contributed by atoms with Crippen LogP contribution in [-0.2, 0) is 19.5 Å². The molecular weight excluding hydrogens is 272 g/mol. The molecule has 1 N–H and O–H groups in total. The molecule has 2 aromatic carbocycles. The van der Waals surface area contributed by atoms with Gasteiger partial charge in [0, 0.05) is 36.8 Å². The standard InChI is InChI=1S/C19H18N2O/c22-19-17(8-7-15-6-3-10-20-18(15)19)13-21-11-9-14-4-1-2-5-16(14)12-21/h1-8,10,22H,9,11-13H2. The molecule has 0 atom stereocenters. The Balaban J connectivity index is 1.61. The number of hydrogen-bond donors (Lipinski definition) is 1. The van der Waals surface area contributed by atoms with Crippen LogP contribution in [0, 0.1) is 0 Å². The third-order valence-corrected chi connectivity index (χ3v) is 4.44. The van der Waals surface area contributed by atoms with Crippen LogP contribution < -0.4 is 0 Å². The fourth-order valence-corrected chi connectivity index (χ4v) is 3.23. The van der Waals surface area contributed by atoms with Gasteiger partial charge in [-0.2, -0.15) is 0 Å². The van der Waals surface area contributed by atoms with Crippen molar-refractivity contribution in [3.8, 4) is 5.75 Å². The molecule has 0 unspecified atom stereocenters. The number of fused-ring (bicyclic) bond motifs is 2. The first-order valence-corrected chi connectivity index (χ1v) is 7.66. The van der Waals surface area contributed by atoms with Gasteiger partial charge in [0.2, 0.25) is 0 Å². The van der Waals surface area contributed by atoms with Crippen molar-refractivity contribution in [2.45, 2.75) is 19.5 Å². The maximum absolute atomic E-state index is 10.5. The molecule has 0 bridgehead atoms. The zero-order valence-corrected chi connectivity index (χ0v) is 12.4. The fraction of sp³-hybridized carbons (Fsp3) is 0.211. The highest BCUT2D eigenvalue weighted by Gasteiger charge is 2.17. The summed E-state index contributed by atoms with van der Waals surface area (Å²) in [5.41, 5.74) is 4.48. The van der Waals surface area contributed by atoms with Gasteiger partial charge in [0.1, 0.15) is 11.3 Å². The lowest BCUT2D eigenvalue weighted by molar-refractivity contribution is 0.242. The van der Waals surface area contributed by atoms with Crippen molar-refractivity contribution in [2.24, 2.45) is 0 Å². The van der Waals surface area contributed by atoms with E-state index in [1.54, 1.807) is 6.20 Å². The minimum atomic E-state index is 0.317. The molecule has 0 aliphatic carbocycles. The molecule has 0 spiro atoms. The van der Waals surface area contributed by atoms with Crippen molar-refractivity contribution in [1.82, 2.24) is 9.88 Å². The van der Waals surface area contributed by atoms with Crippen LogP contribution >= 0.6 is 0 Å². The summed E-state index contributed by atoms with van der Waals surface area (Å²) in [5.74, 6) is 0.317. The maximum Gasteiger partial charge on any atom is 0.146 e. The van der Waals surface area contributed by atoms with Gasteiger partial charge in [-0.3, -0.25) is 9.88 Å². The molecule has 3 heteroatoms. The summed E-state index contributed by atoms with van der Waals surface area (Å²) < 4.78 is 0. The number of phenols is 1. The Morgan fingerprint density at radius 1 is 1.00 bits per heavy atom. The number of rotatable bonds is 2. The van der Waals surface area contributed by atoms with E-state index in [2.05, 4.69) is 34.1 Å². The second kappa shape index (κ2) is 5.43. The number of phenolic OH excluding ortho intramolecular Hbond substituents is 1. The maximum atomic E-state index is 10.5. The molecule has 110 valence electrons. The Labute approximate surface area is 129 Å². The molecule has 0 fully saturated rings. The van der Waals surface area contributed by atoms with E-state index in [1.165, 1.54) is 11.1 Å². The van der Waals surface area contributed by atoms with Crippen LogP contribution in [0.4, 0.5) is 0 Å². The molecule has 3 nitrogen and oxygen atoms in total. The van der Waals surface area contributed by atoms with Gasteiger partial charge in [0.15, 0.2) is 0 Å². The van der Waals surface area contributed by atoms with Crippen LogP contribution in [0.5, 0.6) is 5.75 Å². The first kappa shape index (κ1) is 13.3. The van der Waals surface area contributed by atoms with E-state index in [4.69, 9.17) is 0 Å². The van der Waals surface area contributed by atoms with E-state index in [0.717, 1.165) is 37.0 Å². The predicted octanol–water partition coefficient (Wildman–Crippen LogP) is 3.50. The van der Waals surface area contributed by atoms with Crippen LogP contribution in [0.25, 0.3) is 10.9 Å². The fourth-order valence-electron chi connectivity index (χ4n) is 3.23. The molecule has 0 saturated carbocycles. The molecule has 1 aliphatic heterocycles. The second-order valence-corrected chi connectivity index (χ2v) is 5.88. The van der Waals surface area contributed by atoms with Gasteiger partial charge < -0.3 is 5.11 Å². The van der Waals surface area contributed by atoms with Gasteiger partial charge >= 0.3 is 0 Å². The number of aromatic nitrogens is 1. The highest BCUT2D eigenvalue weighted by atomic mass is 16.3. The van der Waals surface area contributed by atoms with E-state index in [1.807, 2.05) is 24.3 Å². The Morgan fingerprint density at radius 3 is 2.77 bits per heavy atom. The van der Waals surface area contributed by atoms with Crippen LogP contribution in [0.15, 0.2) is 54.7 Å². The van der Waals surface area contributed by atoms with E-state index in [9.17, 15) is 5.11 Å². The molecule has 0 radical (unpaired) electrons. The summed E-state index contributed by atoms with van der Waals surface area (Å²) in [6.45, 7) is 2.72. The Morgan fingerprint density at radius 2 is 1.86 bits per heavy atom. The Bertz CT molecular complexity index is 829. The molecule has 1 aromatic heterocycles. The van der Waals surface area contributed by atoms with Gasteiger partial charge in [-0.15, -0.1) is 0 Å². The van der Waals surface area contributed by atoms with E-state index in [0.29, 0.717) is 11.3 Å². The normalized spacial score (nSPS) is 14.9. The van der Waals surface area contributed by atoms with Gasteiger partial charge in [-0.05, 0) is 23.6 Å². The molecule has 2 heterocycles. The van der Waals surface area contributed by atoms with E-state index in [-0.39, 0.29) is 0 Å². The molecule has 0 saturated heterocycles. The van der Waals surface area contributed by atoms with E-state index >= 15 is 0 Å². The van der Waals surface area contributed by atoms with Crippen molar-refractivity contribution >= 4 is 10.9 Å². The monoisotopic (exact) mass is 290 g/mol. The summed E-state index contributed by atoms with van der Waals surface area (Å²) in [4.78, 5) is 6.68. The minimum absolute atomic E-state index is 0.317. The van der Waals surface area contributed by atoms with Crippen molar-refractivity contribution in [3.63, 3.8) is 0 Å². The zero-order valence-electron chi connectivity index (χ0n) is 12.4. The summed E-state index contributed by atoms with van der Waals surface area (Å²) in [6.07, 6.45) is 2.80. The van der Waals surface area contributed by atoms with Crippen molar-refractivity contribution in [1.29, 1.82) is 0 Å². The number of hydrogen-bond acceptors (Lipinski definition) is 3. The van der Waals surface area contributed by atoms with Crippen LogP contribution in [0.2, 0.25) is 0 Å². The minimum Gasteiger partial charge on any atom is -0.505 e. The highest BCUT2D eigenvalue weighted by Crippen LogP contribution is 2.29. The molecule has 1 aliphatic rings. The lowest BCUT2D eigenvalue weighted by Crippen LogP contribution is -2.30. The Hall–Kier alpha value is -2.39. The molecule has 0 amide bonds. The van der Waals surface area contributed by atoms with Gasteiger partial charge in [-0.1, -0.05) is 42.5 Å². The predicted molar refractivity (Wildman–Crippen MR) is 87.7 cm³/mol. The van der Waals surface area contributed by atoms with Crippen molar-refractivity contribution in [2.75, 3.05) is 6.54 Å². The largest absolute Gasteiger partial charge is 0.505 e. The lowest BCUT2D eigenvalue weighted by atomic mass is 9.99. The average Bonchev–Trinajstić information content (AvgIpc) is 2.57. The van der Waals surface area contributed by atoms with Crippen LogP contribution in [-0.4, -0.2) is 21.5 Å². The average molecular weight is 290 g/mol. The number of aromatic hydroxyl groups is 1. The quantitative estimate of drug-likeness (QED) is 0.784. The molecular formula is C19H18N2O. The summed E-state index contributed by atoms with van der Waals surface area (Å²) in [6, 6.07) is 16.5. The van der Waals surface area contributed by atoms with E-state index < -0.39 is 0 Å².